The van der Waals surface area contributed by atoms with Gasteiger partial charge in [-0.2, -0.15) is 0 Å². The molecule has 1 heterocycles. The minimum atomic E-state index is -0.0278. The van der Waals surface area contributed by atoms with Crippen molar-refractivity contribution in [2.24, 2.45) is 0 Å². The van der Waals surface area contributed by atoms with Gasteiger partial charge in [0.15, 0.2) is 0 Å². The topological polar surface area (TPSA) is 46.9 Å². The van der Waals surface area contributed by atoms with Gasteiger partial charge >= 0.3 is 0 Å². The summed E-state index contributed by atoms with van der Waals surface area (Å²) < 4.78 is 2.12. The van der Waals surface area contributed by atoms with Crippen molar-refractivity contribution < 1.29 is 0 Å². The van der Waals surface area contributed by atoms with E-state index in [-0.39, 0.29) is 5.56 Å². The summed E-state index contributed by atoms with van der Waals surface area (Å²) in [5.41, 5.74) is -0.0278. The third kappa shape index (κ3) is 4.06. The van der Waals surface area contributed by atoms with E-state index < -0.39 is 0 Å². The Kier molecular flexibility index (Phi) is 5.69. The van der Waals surface area contributed by atoms with Crippen LogP contribution in [-0.2, 0) is 6.54 Å². The lowest BCUT2D eigenvalue weighted by Crippen LogP contribution is -2.32. The van der Waals surface area contributed by atoms with E-state index in [2.05, 4.69) is 40.1 Å². The smallest absolute Gasteiger partial charge is 0.267 e. The molecule has 0 saturated heterocycles. The average Bonchev–Trinajstić information content (AvgIpc) is 2.25. The fraction of sp³-hybridized carbons (Fsp3) is 0.636. The van der Waals surface area contributed by atoms with E-state index in [1.807, 2.05) is 0 Å². The molecule has 5 heteroatoms. The first-order valence-electron chi connectivity index (χ1n) is 5.58. The van der Waals surface area contributed by atoms with Crippen molar-refractivity contribution in [1.82, 2.24) is 14.9 Å². The Morgan fingerprint density at radius 3 is 3.06 bits per heavy atom. The molecular weight excluding hydrogens is 270 g/mol. The summed E-state index contributed by atoms with van der Waals surface area (Å²) >= 11 is 3.18. The Hall–Kier alpha value is -0.680. The van der Waals surface area contributed by atoms with Crippen molar-refractivity contribution in [3.05, 3.63) is 27.4 Å². The van der Waals surface area contributed by atoms with Crippen LogP contribution in [0.5, 0.6) is 0 Å². The third-order valence-electron chi connectivity index (χ3n) is 2.43. The molecular formula is C11H18BrN3O. The maximum atomic E-state index is 11.6. The molecule has 1 atom stereocenters. The quantitative estimate of drug-likeness (QED) is 0.868. The fourth-order valence-electron chi connectivity index (χ4n) is 1.55. The van der Waals surface area contributed by atoms with E-state index in [0.717, 1.165) is 13.0 Å². The van der Waals surface area contributed by atoms with Crippen molar-refractivity contribution in [3.63, 3.8) is 0 Å². The van der Waals surface area contributed by atoms with E-state index in [1.54, 1.807) is 10.9 Å². The van der Waals surface area contributed by atoms with Crippen molar-refractivity contribution >= 4 is 15.9 Å². The summed E-state index contributed by atoms with van der Waals surface area (Å²) in [7, 11) is 0. The molecule has 0 aliphatic heterocycles. The van der Waals surface area contributed by atoms with Crippen LogP contribution in [0.25, 0.3) is 0 Å². The van der Waals surface area contributed by atoms with Gasteiger partial charge in [0.2, 0.25) is 0 Å². The molecule has 0 fully saturated rings. The first kappa shape index (κ1) is 13.4. The Morgan fingerprint density at radius 1 is 1.62 bits per heavy atom. The Labute approximate surface area is 104 Å². The van der Waals surface area contributed by atoms with Crippen LogP contribution in [0.2, 0.25) is 0 Å². The summed E-state index contributed by atoms with van der Waals surface area (Å²) in [4.78, 5) is 15.6. The van der Waals surface area contributed by atoms with E-state index in [0.29, 0.717) is 17.1 Å². The third-order valence-corrected chi connectivity index (χ3v) is 2.97. The highest BCUT2D eigenvalue weighted by molar-refractivity contribution is 9.10. The van der Waals surface area contributed by atoms with Gasteiger partial charge < -0.3 is 5.32 Å². The largest absolute Gasteiger partial charge is 0.312 e. The van der Waals surface area contributed by atoms with Crippen LogP contribution in [0.3, 0.4) is 0 Å². The predicted molar refractivity (Wildman–Crippen MR) is 68.6 cm³/mol. The van der Waals surface area contributed by atoms with Crippen molar-refractivity contribution in [2.45, 2.75) is 39.3 Å². The summed E-state index contributed by atoms with van der Waals surface area (Å²) in [5, 5.41) is 3.38. The molecule has 90 valence electrons. The minimum Gasteiger partial charge on any atom is -0.312 e. The molecule has 0 aliphatic carbocycles. The molecule has 0 aromatic carbocycles. The number of aromatic nitrogens is 2. The number of nitrogens with one attached hydrogen (secondary N) is 1. The van der Waals surface area contributed by atoms with Crippen LogP contribution >= 0.6 is 15.9 Å². The van der Waals surface area contributed by atoms with Gasteiger partial charge in [-0.1, -0.05) is 13.3 Å². The second kappa shape index (κ2) is 6.81. The summed E-state index contributed by atoms with van der Waals surface area (Å²) in [6, 6.07) is 0.501. The lowest BCUT2D eigenvalue weighted by Gasteiger charge is -2.13. The van der Waals surface area contributed by atoms with Crippen LogP contribution in [0, 0.1) is 0 Å². The van der Waals surface area contributed by atoms with Gasteiger partial charge in [-0.3, -0.25) is 9.36 Å². The lowest BCUT2D eigenvalue weighted by atomic mass is 10.2. The van der Waals surface area contributed by atoms with Gasteiger partial charge in [0, 0.05) is 25.3 Å². The zero-order valence-electron chi connectivity index (χ0n) is 9.74. The molecule has 4 nitrogen and oxygen atoms in total. The van der Waals surface area contributed by atoms with Crippen LogP contribution < -0.4 is 10.9 Å². The first-order valence-corrected chi connectivity index (χ1v) is 6.37. The molecule has 16 heavy (non-hydrogen) atoms. The molecule has 0 radical (unpaired) electrons. The van der Waals surface area contributed by atoms with Crippen molar-refractivity contribution in [3.8, 4) is 0 Å². The Morgan fingerprint density at radius 2 is 2.38 bits per heavy atom. The second-order valence-corrected chi connectivity index (χ2v) is 4.74. The maximum absolute atomic E-state index is 11.6. The van der Waals surface area contributed by atoms with Gasteiger partial charge in [-0.25, -0.2) is 4.98 Å². The molecule has 0 aliphatic rings. The lowest BCUT2D eigenvalue weighted by molar-refractivity contribution is 0.480. The maximum Gasteiger partial charge on any atom is 0.267 e. The van der Waals surface area contributed by atoms with Gasteiger partial charge in [-0.05, 0) is 29.3 Å². The molecule has 0 amide bonds. The van der Waals surface area contributed by atoms with Crippen molar-refractivity contribution in [1.29, 1.82) is 0 Å². The number of nitrogens with zero attached hydrogens (tertiary/aromatic N) is 2. The number of halogens is 1. The zero-order chi connectivity index (χ0) is 12.0. The molecule has 1 rings (SSSR count). The first-order chi connectivity index (χ1) is 7.65. The van der Waals surface area contributed by atoms with Crippen molar-refractivity contribution in [2.75, 3.05) is 6.54 Å². The monoisotopic (exact) mass is 287 g/mol. The Balaban J connectivity index is 2.43. The molecule has 0 saturated carbocycles. The average molecular weight is 288 g/mol. The van der Waals surface area contributed by atoms with Gasteiger partial charge in [-0.15, -0.1) is 0 Å². The minimum absolute atomic E-state index is 0.0278. The molecule has 1 unspecified atom stereocenters. The van der Waals surface area contributed by atoms with E-state index in [1.165, 1.54) is 12.6 Å². The summed E-state index contributed by atoms with van der Waals surface area (Å²) in [6.45, 7) is 5.77. The van der Waals surface area contributed by atoms with Crippen LogP contribution in [0.4, 0.5) is 0 Å². The summed E-state index contributed by atoms with van der Waals surface area (Å²) in [6.07, 6.45) is 5.42. The number of hydrogen-bond acceptors (Lipinski definition) is 3. The molecule has 1 aromatic heterocycles. The van der Waals surface area contributed by atoms with Gasteiger partial charge in [0.25, 0.3) is 5.56 Å². The fourth-order valence-corrected chi connectivity index (χ4v) is 1.90. The molecule has 1 aromatic rings. The highest BCUT2D eigenvalue weighted by Gasteiger charge is 2.02. The Bertz CT molecular complexity index is 378. The van der Waals surface area contributed by atoms with Gasteiger partial charge in [0.1, 0.15) is 4.47 Å². The number of hydrogen-bond donors (Lipinski definition) is 1. The van der Waals surface area contributed by atoms with Crippen LogP contribution in [-0.4, -0.2) is 22.1 Å². The highest BCUT2D eigenvalue weighted by atomic mass is 79.9. The second-order valence-electron chi connectivity index (χ2n) is 3.88. The molecule has 0 bridgehead atoms. The van der Waals surface area contributed by atoms with E-state index in [4.69, 9.17) is 0 Å². The van der Waals surface area contributed by atoms with Crippen LogP contribution in [0.1, 0.15) is 26.7 Å². The normalized spacial score (nSPS) is 12.7. The standard InChI is InChI=1S/C11H18BrN3O/c1-3-4-9(2)14-5-6-15-8-13-7-10(12)11(15)16/h7-9,14H,3-6H2,1-2H3. The molecule has 1 N–H and O–H groups in total. The SMILES string of the molecule is CCCC(C)NCCn1cncc(Br)c1=O. The zero-order valence-corrected chi connectivity index (χ0v) is 11.3. The van der Waals surface area contributed by atoms with Crippen LogP contribution in [0.15, 0.2) is 21.8 Å². The van der Waals surface area contributed by atoms with Gasteiger partial charge in [0.05, 0.1) is 6.33 Å². The van der Waals surface area contributed by atoms with E-state index in [9.17, 15) is 4.79 Å². The highest BCUT2D eigenvalue weighted by Crippen LogP contribution is 1.98. The summed E-state index contributed by atoms with van der Waals surface area (Å²) in [5.74, 6) is 0. The number of rotatable bonds is 6. The predicted octanol–water partition coefficient (Wildman–Crippen LogP) is 1.78. The molecule has 0 spiro atoms. The van der Waals surface area contributed by atoms with E-state index >= 15 is 0 Å².